The van der Waals surface area contributed by atoms with Gasteiger partial charge in [-0.3, -0.25) is 4.98 Å². The van der Waals surface area contributed by atoms with E-state index in [0.29, 0.717) is 37.0 Å². The zero-order chi connectivity index (χ0) is 22.8. The van der Waals surface area contributed by atoms with Crippen LogP contribution in [-0.4, -0.2) is 78.3 Å². The molecule has 2 aromatic heterocycles. The lowest BCUT2D eigenvalue weighted by Crippen LogP contribution is -2.58. The van der Waals surface area contributed by atoms with E-state index < -0.39 is 0 Å². The van der Waals surface area contributed by atoms with Crippen LogP contribution in [-0.2, 0) is 16.1 Å². The number of aromatic nitrogens is 3. The molecule has 2 N–H and O–H groups in total. The molecule has 9 nitrogen and oxygen atoms in total. The first-order valence-electron chi connectivity index (χ1n) is 11.3. The Kier molecular flexibility index (Phi) is 6.37. The predicted octanol–water partition coefficient (Wildman–Crippen LogP) is 1.77. The van der Waals surface area contributed by atoms with Crippen LogP contribution in [0.1, 0.15) is 12.5 Å². The summed E-state index contributed by atoms with van der Waals surface area (Å²) in [6.07, 6.45) is 3.56. The molecule has 5 rings (SSSR count). The zero-order valence-corrected chi connectivity index (χ0v) is 18.9. The molecule has 0 bridgehead atoms. The number of aliphatic hydroxyl groups excluding tert-OH is 1. The SMILES string of the molecule is COc1ccc(-c2cc3nc(N4CCOC(C5OCCNC5C)C4)ncc3cn2)cc1CO. The standard InChI is InChI=1S/C24H29N5O4/c1-15-23(33-7-5-25-15)22-13-29(6-8-32-22)24-27-12-18-11-26-19(10-20(18)28-24)16-3-4-21(31-2)17(9-16)14-30/h3-4,9-12,15,22-23,25,30H,5-8,13-14H2,1-2H3. The van der Waals surface area contributed by atoms with Gasteiger partial charge in [0.1, 0.15) is 18.0 Å². The van der Waals surface area contributed by atoms with E-state index in [4.69, 9.17) is 19.2 Å². The first-order valence-corrected chi connectivity index (χ1v) is 11.3. The van der Waals surface area contributed by atoms with Gasteiger partial charge in [0, 0.05) is 54.6 Å². The maximum Gasteiger partial charge on any atom is 0.226 e. The van der Waals surface area contributed by atoms with Crippen molar-refractivity contribution < 1.29 is 19.3 Å². The molecule has 2 aliphatic rings. The number of nitrogens with one attached hydrogen (secondary N) is 1. The molecule has 2 saturated heterocycles. The van der Waals surface area contributed by atoms with Crippen molar-refractivity contribution in [3.05, 3.63) is 42.2 Å². The Labute approximate surface area is 192 Å². The summed E-state index contributed by atoms with van der Waals surface area (Å²) in [7, 11) is 1.59. The number of anilines is 1. The zero-order valence-electron chi connectivity index (χ0n) is 18.9. The molecule has 0 amide bonds. The van der Waals surface area contributed by atoms with E-state index in [1.165, 1.54) is 0 Å². The van der Waals surface area contributed by atoms with Crippen LogP contribution in [0, 0.1) is 0 Å². The Morgan fingerprint density at radius 3 is 2.88 bits per heavy atom. The monoisotopic (exact) mass is 451 g/mol. The smallest absolute Gasteiger partial charge is 0.226 e. The van der Waals surface area contributed by atoms with E-state index in [1.807, 2.05) is 30.5 Å². The van der Waals surface area contributed by atoms with Crippen molar-refractivity contribution in [3.8, 4) is 17.0 Å². The van der Waals surface area contributed by atoms with Crippen molar-refractivity contribution in [1.29, 1.82) is 0 Å². The Morgan fingerprint density at radius 1 is 1.18 bits per heavy atom. The summed E-state index contributed by atoms with van der Waals surface area (Å²) in [4.78, 5) is 16.2. The van der Waals surface area contributed by atoms with Gasteiger partial charge in [-0.25, -0.2) is 9.97 Å². The summed E-state index contributed by atoms with van der Waals surface area (Å²) >= 11 is 0. The van der Waals surface area contributed by atoms with Crippen LogP contribution in [0.3, 0.4) is 0 Å². The highest BCUT2D eigenvalue weighted by atomic mass is 16.5. The van der Waals surface area contributed by atoms with Crippen LogP contribution in [0.5, 0.6) is 5.75 Å². The highest BCUT2D eigenvalue weighted by Crippen LogP contribution is 2.28. The van der Waals surface area contributed by atoms with Crippen molar-refractivity contribution in [2.24, 2.45) is 0 Å². The van der Waals surface area contributed by atoms with Gasteiger partial charge in [0.2, 0.25) is 5.95 Å². The van der Waals surface area contributed by atoms with Crippen molar-refractivity contribution in [3.63, 3.8) is 0 Å². The molecule has 3 atom stereocenters. The minimum absolute atomic E-state index is 0.00796. The van der Waals surface area contributed by atoms with Crippen LogP contribution in [0.2, 0.25) is 0 Å². The third-order valence-corrected chi connectivity index (χ3v) is 6.31. The van der Waals surface area contributed by atoms with Gasteiger partial charge >= 0.3 is 0 Å². The van der Waals surface area contributed by atoms with Gasteiger partial charge in [0.25, 0.3) is 0 Å². The molecule has 3 unspecified atom stereocenters. The second-order valence-electron chi connectivity index (χ2n) is 8.42. The number of fused-ring (bicyclic) bond motifs is 1. The molecule has 4 heterocycles. The molecule has 9 heteroatoms. The van der Waals surface area contributed by atoms with Gasteiger partial charge < -0.3 is 29.5 Å². The number of methoxy groups -OCH3 is 1. The minimum Gasteiger partial charge on any atom is -0.496 e. The lowest BCUT2D eigenvalue weighted by Gasteiger charge is -2.41. The van der Waals surface area contributed by atoms with Gasteiger partial charge in [0.05, 0.1) is 38.1 Å². The van der Waals surface area contributed by atoms with E-state index in [-0.39, 0.29) is 24.9 Å². The average Bonchev–Trinajstić information content (AvgIpc) is 2.88. The van der Waals surface area contributed by atoms with E-state index in [1.54, 1.807) is 13.3 Å². The molecule has 0 radical (unpaired) electrons. The maximum absolute atomic E-state index is 9.66. The van der Waals surface area contributed by atoms with Gasteiger partial charge in [-0.05, 0) is 31.2 Å². The molecule has 2 fully saturated rings. The Hall–Kier alpha value is -2.85. The Balaban J connectivity index is 1.41. The summed E-state index contributed by atoms with van der Waals surface area (Å²) in [5.74, 6) is 1.33. The van der Waals surface area contributed by atoms with Gasteiger partial charge in [0.15, 0.2) is 0 Å². The number of aliphatic hydroxyl groups is 1. The summed E-state index contributed by atoms with van der Waals surface area (Å²) in [6, 6.07) is 7.86. The molecule has 0 saturated carbocycles. The normalized spacial score (nSPS) is 23.6. The van der Waals surface area contributed by atoms with Gasteiger partial charge in [-0.1, -0.05) is 0 Å². The number of nitrogens with zero attached hydrogens (tertiary/aromatic N) is 4. The molecule has 174 valence electrons. The summed E-state index contributed by atoms with van der Waals surface area (Å²) < 4.78 is 17.3. The lowest BCUT2D eigenvalue weighted by atomic mass is 10.0. The first kappa shape index (κ1) is 22.0. The van der Waals surface area contributed by atoms with Crippen molar-refractivity contribution in [2.45, 2.75) is 31.8 Å². The van der Waals surface area contributed by atoms with Crippen LogP contribution in [0.4, 0.5) is 5.95 Å². The molecule has 1 aromatic carbocycles. The third-order valence-electron chi connectivity index (χ3n) is 6.31. The fourth-order valence-corrected chi connectivity index (χ4v) is 4.51. The van der Waals surface area contributed by atoms with Crippen LogP contribution in [0.25, 0.3) is 22.2 Å². The van der Waals surface area contributed by atoms with Crippen LogP contribution in [0.15, 0.2) is 36.7 Å². The number of morpholine rings is 2. The second-order valence-corrected chi connectivity index (χ2v) is 8.42. The van der Waals surface area contributed by atoms with Gasteiger partial charge in [-0.2, -0.15) is 0 Å². The van der Waals surface area contributed by atoms with Crippen molar-refractivity contribution in [1.82, 2.24) is 20.3 Å². The molecule has 0 aliphatic carbocycles. The fourth-order valence-electron chi connectivity index (χ4n) is 4.51. The number of hydrogen-bond donors (Lipinski definition) is 2. The largest absolute Gasteiger partial charge is 0.496 e. The average molecular weight is 452 g/mol. The fraction of sp³-hybridized carbons (Fsp3) is 0.458. The van der Waals surface area contributed by atoms with Crippen molar-refractivity contribution in [2.75, 3.05) is 44.9 Å². The highest BCUT2D eigenvalue weighted by molar-refractivity contribution is 5.82. The van der Waals surface area contributed by atoms with E-state index in [0.717, 1.165) is 35.2 Å². The Bertz CT molecular complexity index is 1130. The van der Waals surface area contributed by atoms with Crippen molar-refractivity contribution >= 4 is 16.9 Å². The van der Waals surface area contributed by atoms with E-state index >= 15 is 0 Å². The van der Waals surface area contributed by atoms with Crippen LogP contribution >= 0.6 is 0 Å². The lowest BCUT2D eigenvalue weighted by molar-refractivity contribution is -0.104. The third kappa shape index (κ3) is 4.49. The molecule has 33 heavy (non-hydrogen) atoms. The molecular weight excluding hydrogens is 422 g/mol. The molecule has 2 aliphatic heterocycles. The number of ether oxygens (including phenoxy) is 3. The minimum atomic E-state index is -0.103. The van der Waals surface area contributed by atoms with Crippen LogP contribution < -0.4 is 15.0 Å². The predicted molar refractivity (Wildman–Crippen MR) is 124 cm³/mol. The number of rotatable bonds is 5. The second kappa shape index (κ2) is 9.56. The first-order chi connectivity index (χ1) is 16.2. The topological polar surface area (TPSA) is 102 Å². The molecule has 3 aromatic rings. The summed E-state index contributed by atoms with van der Waals surface area (Å²) in [6.45, 7) is 5.61. The molecular formula is C24H29N5O4. The number of benzene rings is 1. The van der Waals surface area contributed by atoms with E-state index in [9.17, 15) is 5.11 Å². The molecule has 0 spiro atoms. The Morgan fingerprint density at radius 2 is 2.06 bits per heavy atom. The summed E-state index contributed by atoms with van der Waals surface area (Å²) in [5, 5.41) is 14.0. The highest BCUT2D eigenvalue weighted by Gasteiger charge is 2.35. The maximum atomic E-state index is 9.66. The number of pyridine rings is 1. The summed E-state index contributed by atoms with van der Waals surface area (Å²) in [5.41, 5.74) is 3.20. The quantitative estimate of drug-likeness (QED) is 0.601. The van der Waals surface area contributed by atoms with Gasteiger partial charge in [-0.15, -0.1) is 0 Å². The number of hydrogen-bond acceptors (Lipinski definition) is 9. The van der Waals surface area contributed by atoms with E-state index in [2.05, 4.69) is 27.1 Å².